The zero-order chi connectivity index (χ0) is 14.3. The van der Waals surface area contributed by atoms with E-state index in [9.17, 15) is 9.90 Å². The monoisotopic (exact) mass is 265 g/mol. The van der Waals surface area contributed by atoms with E-state index < -0.39 is 6.10 Å². The first-order valence-electron chi connectivity index (χ1n) is 6.72. The van der Waals surface area contributed by atoms with Crippen molar-refractivity contribution in [3.05, 3.63) is 29.8 Å². The van der Waals surface area contributed by atoms with Crippen LogP contribution in [0.15, 0.2) is 24.3 Å². The van der Waals surface area contributed by atoms with Crippen LogP contribution in [0, 0.1) is 6.92 Å². The lowest BCUT2D eigenvalue weighted by Gasteiger charge is -2.27. The van der Waals surface area contributed by atoms with Gasteiger partial charge in [-0.25, -0.2) is 0 Å². The van der Waals surface area contributed by atoms with Gasteiger partial charge in [-0.1, -0.05) is 18.2 Å². The third kappa shape index (κ3) is 4.91. The van der Waals surface area contributed by atoms with E-state index in [1.807, 2.05) is 38.1 Å². The summed E-state index contributed by atoms with van der Waals surface area (Å²) in [5.74, 6) is -0.351. The summed E-state index contributed by atoms with van der Waals surface area (Å²) in [6.45, 7) is 7.39. The van der Waals surface area contributed by atoms with E-state index in [2.05, 4.69) is 4.90 Å². The Hall–Kier alpha value is -1.55. The first kappa shape index (κ1) is 15.5. The number of para-hydroxylation sites is 1. The molecular formula is C15H23NO3. The van der Waals surface area contributed by atoms with Crippen molar-refractivity contribution < 1.29 is 14.6 Å². The normalized spacial score (nSPS) is 12.0. The van der Waals surface area contributed by atoms with Gasteiger partial charge >= 0.3 is 5.97 Å². The van der Waals surface area contributed by atoms with E-state index in [0.717, 1.165) is 17.8 Å². The van der Waals surface area contributed by atoms with Gasteiger partial charge in [0, 0.05) is 18.8 Å². The molecule has 4 nitrogen and oxygen atoms in total. The molecule has 1 N–H and O–H groups in total. The molecule has 1 atom stereocenters. The standard InChI is InChI=1S/C15H23NO3/c1-4-16(14-9-7-6-8-12(14)3)11-13(17)10-15(18)19-5-2/h6-9,13,17H,4-5,10-11H2,1-3H3. The summed E-state index contributed by atoms with van der Waals surface area (Å²) >= 11 is 0. The SMILES string of the molecule is CCOC(=O)CC(O)CN(CC)c1ccccc1C. The number of nitrogens with zero attached hydrogens (tertiary/aromatic N) is 1. The fraction of sp³-hybridized carbons (Fsp3) is 0.533. The molecule has 0 saturated heterocycles. The smallest absolute Gasteiger partial charge is 0.308 e. The summed E-state index contributed by atoms with van der Waals surface area (Å²) < 4.78 is 4.84. The number of rotatable bonds is 7. The maximum Gasteiger partial charge on any atom is 0.308 e. The highest BCUT2D eigenvalue weighted by molar-refractivity contribution is 5.70. The van der Waals surface area contributed by atoms with Crippen molar-refractivity contribution in [2.45, 2.75) is 33.3 Å². The maximum atomic E-state index is 11.3. The molecule has 106 valence electrons. The van der Waals surface area contributed by atoms with Crippen LogP contribution < -0.4 is 4.90 Å². The van der Waals surface area contributed by atoms with Gasteiger partial charge in [-0.2, -0.15) is 0 Å². The van der Waals surface area contributed by atoms with Gasteiger partial charge in [-0.3, -0.25) is 4.79 Å². The number of carbonyl (C=O) groups is 1. The number of aliphatic hydroxyl groups excluding tert-OH is 1. The molecule has 0 aliphatic rings. The van der Waals surface area contributed by atoms with Crippen LogP contribution in [-0.2, 0) is 9.53 Å². The first-order valence-corrected chi connectivity index (χ1v) is 6.72. The predicted molar refractivity (Wildman–Crippen MR) is 76.3 cm³/mol. The molecule has 1 unspecified atom stereocenters. The molecule has 4 heteroatoms. The van der Waals surface area contributed by atoms with Crippen LogP contribution in [0.3, 0.4) is 0 Å². The number of aliphatic hydroxyl groups is 1. The van der Waals surface area contributed by atoms with Crippen molar-refractivity contribution in [2.75, 3.05) is 24.6 Å². The van der Waals surface area contributed by atoms with Crippen LogP contribution in [0.25, 0.3) is 0 Å². The molecule has 1 aromatic carbocycles. The lowest BCUT2D eigenvalue weighted by Crippen LogP contribution is -2.34. The largest absolute Gasteiger partial charge is 0.466 e. The third-order valence-electron chi connectivity index (χ3n) is 2.98. The van der Waals surface area contributed by atoms with Crippen LogP contribution in [0.5, 0.6) is 0 Å². The second-order valence-corrected chi connectivity index (χ2v) is 4.49. The molecule has 0 fully saturated rings. The minimum Gasteiger partial charge on any atom is -0.466 e. The van der Waals surface area contributed by atoms with Crippen LogP contribution in [0.1, 0.15) is 25.8 Å². The van der Waals surface area contributed by atoms with Crippen molar-refractivity contribution in [3.8, 4) is 0 Å². The van der Waals surface area contributed by atoms with Crippen LogP contribution in [0.4, 0.5) is 5.69 Å². The van der Waals surface area contributed by atoms with Crippen molar-refractivity contribution in [2.24, 2.45) is 0 Å². The molecule has 0 aliphatic carbocycles. The quantitative estimate of drug-likeness (QED) is 0.767. The van der Waals surface area contributed by atoms with E-state index in [0.29, 0.717) is 13.2 Å². The number of hydrogen-bond donors (Lipinski definition) is 1. The summed E-state index contributed by atoms with van der Waals surface area (Å²) in [7, 11) is 0. The average Bonchev–Trinajstić information content (AvgIpc) is 2.37. The summed E-state index contributed by atoms with van der Waals surface area (Å²) in [6, 6.07) is 8.02. The molecule has 0 aliphatic heterocycles. The highest BCUT2D eigenvalue weighted by Crippen LogP contribution is 2.19. The molecule has 1 aromatic rings. The minimum absolute atomic E-state index is 0.0379. The van der Waals surface area contributed by atoms with Crippen molar-refractivity contribution >= 4 is 11.7 Å². The second-order valence-electron chi connectivity index (χ2n) is 4.49. The van der Waals surface area contributed by atoms with Crippen molar-refractivity contribution in [3.63, 3.8) is 0 Å². The van der Waals surface area contributed by atoms with Gasteiger partial charge in [-0.15, -0.1) is 0 Å². The Labute approximate surface area is 115 Å². The molecule has 0 aromatic heterocycles. The van der Waals surface area contributed by atoms with E-state index in [-0.39, 0.29) is 12.4 Å². The van der Waals surface area contributed by atoms with Crippen LogP contribution in [-0.4, -0.2) is 36.9 Å². The number of hydrogen-bond acceptors (Lipinski definition) is 4. The number of esters is 1. The molecule has 0 heterocycles. The molecule has 0 radical (unpaired) electrons. The number of carbonyl (C=O) groups excluding carboxylic acids is 1. The predicted octanol–water partition coefficient (Wildman–Crippen LogP) is 2.14. The van der Waals surface area contributed by atoms with Crippen molar-refractivity contribution in [1.29, 1.82) is 0 Å². The first-order chi connectivity index (χ1) is 9.08. The Balaban J connectivity index is 2.62. The number of benzene rings is 1. The van der Waals surface area contributed by atoms with Crippen LogP contribution >= 0.6 is 0 Å². The van der Waals surface area contributed by atoms with Gasteiger partial charge < -0.3 is 14.7 Å². The highest BCUT2D eigenvalue weighted by atomic mass is 16.5. The van der Waals surface area contributed by atoms with Gasteiger partial charge in [0.05, 0.1) is 19.1 Å². The Morgan fingerprint density at radius 3 is 2.63 bits per heavy atom. The van der Waals surface area contributed by atoms with Crippen LogP contribution in [0.2, 0.25) is 0 Å². The van der Waals surface area contributed by atoms with E-state index in [1.165, 1.54) is 0 Å². The molecule has 0 amide bonds. The van der Waals surface area contributed by atoms with Gasteiger partial charge in [0.25, 0.3) is 0 Å². The highest BCUT2D eigenvalue weighted by Gasteiger charge is 2.16. The molecule has 0 saturated carbocycles. The lowest BCUT2D eigenvalue weighted by atomic mass is 10.1. The van der Waals surface area contributed by atoms with E-state index in [1.54, 1.807) is 6.92 Å². The van der Waals surface area contributed by atoms with Crippen molar-refractivity contribution in [1.82, 2.24) is 0 Å². The Morgan fingerprint density at radius 1 is 1.37 bits per heavy atom. The molecular weight excluding hydrogens is 242 g/mol. The number of aryl methyl sites for hydroxylation is 1. The van der Waals surface area contributed by atoms with Gasteiger partial charge in [-0.05, 0) is 32.4 Å². The molecule has 1 rings (SSSR count). The zero-order valence-corrected chi connectivity index (χ0v) is 11.9. The summed E-state index contributed by atoms with van der Waals surface area (Å²) in [6.07, 6.45) is -0.672. The Bertz CT molecular complexity index is 406. The molecule has 0 spiro atoms. The summed E-state index contributed by atoms with van der Waals surface area (Å²) in [5.41, 5.74) is 2.25. The number of likely N-dealkylation sites (N-methyl/N-ethyl adjacent to an activating group) is 1. The molecule has 19 heavy (non-hydrogen) atoms. The number of ether oxygens (including phenoxy) is 1. The van der Waals surface area contributed by atoms with E-state index >= 15 is 0 Å². The fourth-order valence-corrected chi connectivity index (χ4v) is 2.05. The van der Waals surface area contributed by atoms with Gasteiger partial charge in [0.2, 0.25) is 0 Å². The van der Waals surface area contributed by atoms with E-state index in [4.69, 9.17) is 4.74 Å². The van der Waals surface area contributed by atoms with Gasteiger partial charge in [0.15, 0.2) is 0 Å². The fourth-order valence-electron chi connectivity index (χ4n) is 2.05. The summed E-state index contributed by atoms with van der Waals surface area (Å²) in [4.78, 5) is 13.4. The topological polar surface area (TPSA) is 49.8 Å². The maximum absolute atomic E-state index is 11.3. The minimum atomic E-state index is -0.710. The summed E-state index contributed by atoms with van der Waals surface area (Å²) in [5, 5.41) is 9.96. The third-order valence-corrected chi connectivity index (χ3v) is 2.98. The number of anilines is 1. The second kappa shape index (κ2) is 7.79. The Morgan fingerprint density at radius 2 is 2.05 bits per heavy atom. The Kier molecular flexibility index (Phi) is 6.36. The molecule has 0 bridgehead atoms. The zero-order valence-electron chi connectivity index (χ0n) is 11.9. The lowest BCUT2D eigenvalue weighted by molar-refractivity contribution is -0.145. The average molecular weight is 265 g/mol. The van der Waals surface area contributed by atoms with Gasteiger partial charge in [0.1, 0.15) is 0 Å².